The fourth-order valence-corrected chi connectivity index (χ4v) is 2.80. The van der Waals surface area contributed by atoms with Gasteiger partial charge in [0.25, 0.3) is 5.91 Å². The number of benzene rings is 2. The molecule has 7 nitrogen and oxygen atoms in total. The smallest absolute Gasteiger partial charge is 0.305 e. The zero-order chi connectivity index (χ0) is 18.6. The summed E-state index contributed by atoms with van der Waals surface area (Å²) in [5.41, 5.74) is 0.762. The summed E-state index contributed by atoms with van der Waals surface area (Å²) in [6.45, 7) is 0. The number of primary sulfonamides is 1. The highest BCUT2D eigenvalue weighted by Crippen LogP contribution is 2.20. The maximum Gasteiger partial charge on any atom is 0.305 e. The topological polar surface area (TPSA) is 127 Å². The van der Waals surface area contributed by atoms with E-state index in [1.165, 1.54) is 24.3 Å². The minimum Gasteiger partial charge on any atom is -0.481 e. The van der Waals surface area contributed by atoms with Gasteiger partial charge in [-0.05, 0) is 42.0 Å². The number of rotatable bonds is 6. The van der Waals surface area contributed by atoms with Crippen molar-refractivity contribution in [3.8, 4) is 0 Å². The Morgan fingerprint density at radius 1 is 1.08 bits per heavy atom. The highest BCUT2D eigenvalue weighted by atomic mass is 35.5. The first-order valence-electron chi connectivity index (χ1n) is 7.08. The predicted molar refractivity (Wildman–Crippen MR) is 91.7 cm³/mol. The van der Waals surface area contributed by atoms with Crippen molar-refractivity contribution < 1.29 is 23.1 Å². The van der Waals surface area contributed by atoms with Crippen LogP contribution in [0.3, 0.4) is 0 Å². The van der Waals surface area contributed by atoms with Crippen LogP contribution in [0.1, 0.15) is 28.4 Å². The standard InChI is InChI=1S/C16H15ClN2O5S/c17-12-5-1-10(2-6-12)14(9-15(20)21)19-16(22)11-3-7-13(8-4-11)25(18,23)24/h1-8,14H,9H2,(H,19,22)(H,20,21)(H2,18,23,24). The molecule has 0 aliphatic carbocycles. The van der Waals surface area contributed by atoms with Crippen LogP contribution in [0.25, 0.3) is 0 Å². The molecule has 0 heterocycles. The van der Waals surface area contributed by atoms with Crippen LogP contribution in [0.4, 0.5) is 0 Å². The summed E-state index contributed by atoms with van der Waals surface area (Å²) >= 11 is 5.81. The van der Waals surface area contributed by atoms with Crippen molar-refractivity contribution in [3.05, 3.63) is 64.7 Å². The van der Waals surface area contributed by atoms with E-state index in [2.05, 4.69) is 5.32 Å². The summed E-state index contributed by atoms with van der Waals surface area (Å²) in [4.78, 5) is 23.3. The Balaban J connectivity index is 2.21. The molecule has 0 radical (unpaired) electrons. The lowest BCUT2D eigenvalue weighted by atomic mass is 10.0. The van der Waals surface area contributed by atoms with Gasteiger partial charge < -0.3 is 10.4 Å². The fraction of sp³-hybridized carbons (Fsp3) is 0.125. The van der Waals surface area contributed by atoms with Crippen molar-refractivity contribution >= 4 is 33.5 Å². The monoisotopic (exact) mass is 382 g/mol. The van der Waals surface area contributed by atoms with Crippen LogP contribution in [0.5, 0.6) is 0 Å². The molecule has 1 amide bonds. The molecule has 2 aromatic rings. The Kier molecular flexibility index (Phi) is 5.78. The largest absolute Gasteiger partial charge is 0.481 e. The van der Waals surface area contributed by atoms with E-state index in [0.29, 0.717) is 10.6 Å². The lowest BCUT2D eigenvalue weighted by Crippen LogP contribution is -2.30. The van der Waals surface area contributed by atoms with Crippen molar-refractivity contribution in [2.24, 2.45) is 5.14 Å². The van der Waals surface area contributed by atoms with E-state index in [1.807, 2.05) is 0 Å². The van der Waals surface area contributed by atoms with Crippen molar-refractivity contribution in [3.63, 3.8) is 0 Å². The van der Waals surface area contributed by atoms with Crippen molar-refractivity contribution in [1.29, 1.82) is 0 Å². The van der Waals surface area contributed by atoms with Crippen molar-refractivity contribution in [2.45, 2.75) is 17.4 Å². The molecule has 2 aromatic carbocycles. The second-order valence-electron chi connectivity index (χ2n) is 5.24. The first kappa shape index (κ1) is 18.9. The van der Waals surface area contributed by atoms with Gasteiger partial charge in [-0.3, -0.25) is 9.59 Å². The number of hydrogen-bond acceptors (Lipinski definition) is 4. The minimum absolute atomic E-state index is 0.121. The molecule has 0 aromatic heterocycles. The third kappa shape index (κ3) is 5.28. The van der Waals surface area contributed by atoms with Gasteiger partial charge in [0.15, 0.2) is 0 Å². The van der Waals surface area contributed by atoms with Gasteiger partial charge in [-0.2, -0.15) is 0 Å². The van der Waals surface area contributed by atoms with Crippen LogP contribution in [0, 0.1) is 0 Å². The number of carbonyl (C=O) groups is 2. The molecule has 2 rings (SSSR count). The number of halogens is 1. The average Bonchev–Trinajstić information content (AvgIpc) is 2.54. The van der Waals surface area contributed by atoms with E-state index < -0.39 is 27.9 Å². The number of aliphatic carboxylic acids is 1. The molecule has 25 heavy (non-hydrogen) atoms. The average molecular weight is 383 g/mol. The first-order chi connectivity index (χ1) is 11.7. The Hall–Kier alpha value is -2.42. The van der Waals surface area contributed by atoms with E-state index >= 15 is 0 Å². The minimum atomic E-state index is -3.85. The molecule has 0 fully saturated rings. The zero-order valence-electron chi connectivity index (χ0n) is 12.8. The van der Waals surface area contributed by atoms with Gasteiger partial charge in [0, 0.05) is 10.6 Å². The number of carboxylic acids is 1. The van der Waals surface area contributed by atoms with Gasteiger partial charge in [0.2, 0.25) is 10.0 Å². The summed E-state index contributed by atoms with van der Waals surface area (Å²) in [7, 11) is -3.85. The summed E-state index contributed by atoms with van der Waals surface area (Å²) < 4.78 is 22.5. The van der Waals surface area contributed by atoms with Crippen LogP contribution < -0.4 is 10.5 Å². The Morgan fingerprint density at radius 3 is 2.12 bits per heavy atom. The number of hydrogen-bond donors (Lipinski definition) is 3. The van der Waals surface area contributed by atoms with E-state index in [9.17, 15) is 18.0 Å². The molecular formula is C16H15ClN2O5S. The maximum absolute atomic E-state index is 12.3. The summed E-state index contributed by atoms with van der Waals surface area (Å²) in [5.74, 6) is -1.62. The number of amides is 1. The second-order valence-corrected chi connectivity index (χ2v) is 7.24. The molecule has 0 aliphatic heterocycles. The van der Waals surface area contributed by atoms with Crippen molar-refractivity contribution in [1.82, 2.24) is 5.32 Å². The van der Waals surface area contributed by atoms with Gasteiger partial charge in [-0.25, -0.2) is 13.6 Å². The number of sulfonamides is 1. The quantitative estimate of drug-likeness (QED) is 0.703. The highest BCUT2D eigenvalue weighted by Gasteiger charge is 2.19. The number of carbonyl (C=O) groups excluding carboxylic acids is 1. The van der Waals surface area contributed by atoms with E-state index in [-0.39, 0.29) is 16.9 Å². The lowest BCUT2D eigenvalue weighted by molar-refractivity contribution is -0.137. The SMILES string of the molecule is NS(=O)(=O)c1ccc(C(=O)NC(CC(=O)O)c2ccc(Cl)cc2)cc1. The van der Waals surface area contributed by atoms with E-state index in [1.54, 1.807) is 24.3 Å². The molecule has 0 bridgehead atoms. The molecule has 1 unspecified atom stereocenters. The van der Waals surface area contributed by atoms with Crippen LogP contribution in [0.2, 0.25) is 5.02 Å². The molecule has 0 saturated heterocycles. The molecule has 0 spiro atoms. The van der Waals surface area contributed by atoms with Crippen LogP contribution in [-0.2, 0) is 14.8 Å². The lowest BCUT2D eigenvalue weighted by Gasteiger charge is -2.17. The van der Waals surface area contributed by atoms with Crippen LogP contribution >= 0.6 is 11.6 Å². The van der Waals surface area contributed by atoms with Gasteiger partial charge in [0.05, 0.1) is 17.4 Å². The molecule has 1 atom stereocenters. The fourth-order valence-electron chi connectivity index (χ4n) is 2.16. The van der Waals surface area contributed by atoms with Crippen LogP contribution in [-0.4, -0.2) is 25.4 Å². The first-order valence-corrected chi connectivity index (χ1v) is 9.00. The van der Waals surface area contributed by atoms with Gasteiger partial charge in [-0.15, -0.1) is 0 Å². The van der Waals surface area contributed by atoms with Gasteiger partial charge in [-0.1, -0.05) is 23.7 Å². The summed E-state index contributed by atoms with van der Waals surface area (Å²) in [5, 5.41) is 17.2. The normalized spacial score (nSPS) is 12.4. The zero-order valence-corrected chi connectivity index (χ0v) is 14.4. The van der Waals surface area contributed by atoms with Crippen molar-refractivity contribution in [2.75, 3.05) is 0 Å². The molecule has 9 heteroatoms. The molecule has 4 N–H and O–H groups in total. The van der Waals surface area contributed by atoms with E-state index in [0.717, 1.165) is 0 Å². The number of nitrogens with one attached hydrogen (secondary N) is 1. The third-order valence-corrected chi connectivity index (χ3v) is 4.58. The van der Waals surface area contributed by atoms with E-state index in [4.69, 9.17) is 21.8 Å². The molecule has 0 saturated carbocycles. The third-order valence-electron chi connectivity index (χ3n) is 3.40. The molecule has 132 valence electrons. The number of nitrogens with two attached hydrogens (primary N) is 1. The summed E-state index contributed by atoms with van der Waals surface area (Å²) in [6.07, 6.45) is -0.317. The Morgan fingerprint density at radius 2 is 1.64 bits per heavy atom. The molecular weight excluding hydrogens is 368 g/mol. The highest BCUT2D eigenvalue weighted by molar-refractivity contribution is 7.89. The number of carboxylic acid groups (broad SMARTS) is 1. The predicted octanol–water partition coefficient (Wildman–Crippen LogP) is 1.93. The second kappa shape index (κ2) is 7.64. The summed E-state index contributed by atoms with van der Waals surface area (Å²) in [6, 6.07) is 10.7. The van der Waals surface area contributed by atoms with Gasteiger partial charge >= 0.3 is 5.97 Å². The van der Waals surface area contributed by atoms with Crippen LogP contribution in [0.15, 0.2) is 53.4 Å². The molecule has 0 aliphatic rings. The maximum atomic E-state index is 12.3. The Labute approximate surface area is 149 Å². The van der Waals surface area contributed by atoms with Gasteiger partial charge in [0.1, 0.15) is 0 Å². The Bertz CT molecular complexity index is 880.